The molecule has 0 fully saturated rings. The summed E-state index contributed by atoms with van der Waals surface area (Å²) < 4.78 is 16.0. The van der Waals surface area contributed by atoms with Gasteiger partial charge in [0.25, 0.3) is 0 Å². The van der Waals surface area contributed by atoms with Gasteiger partial charge in [-0.15, -0.1) is 0 Å². The summed E-state index contributed by atoms with van der Waals surface area (Å²) in [4.78, 5) is 0. The van der Waals surface area contributed by atoms with Crippen LogP contribution in [0.15, 0.2) is 0 Å². The van der Waals surface area contributed by atoms with Gasteiger partial charge in [0.15, 0.2) is 0 Å². The first kappa shape index (κ1) is 7.47. The van der Waals surface area contributed by atoms with Gasteiger partial charge in [0, 0.05) is 0 Å². The minimum absolute atomic E-state index is 0.604. The van der Waals surface area contributed by atoms with Gasteiger partial charge < -0.3 is 0 Å². The molecule has 0 spiro atoms. The van der Waals surface area contributed by atoms with E-state index < -0.39 is 18.2 Å². The molecule has 0 aromatic rings. The monoisotopic (exact) mass is 138 g/mol. The summed E-state index contributed by atoms with van der Waals surface area (Å²) in [5.74, 6) is 0. The molecule has 3 heteroatoms. The van der Waals surface area contributed by atoms with Gasteiger partial charge in [-0.2, -0.15) is 0 Å². The van der Waals surface area contributed by atoms with Crippen LogP contribution in [-0.4, -0.2) is 6.61 Å². The van der Waals surface area contributed by atoms with Gasteiger partial charge in [0.1, 0.15) is 0 Å². The Morgan fingerprint density at radius 3 is 2.29 bits per heavy atom. The fraction of sp³-hybridized carbons (Fsp3) is 1.00. The molecule has 0 aliphatic rings. The van der Waals surface area contributed by atoms with Crippen LogP contribution in [0.1, 0.15) is 13.8 Å². The van der Waals surface area contributed by atoms with Crippen molar-refractivity contribution in [2.45, 2.75) is 18.6 Å². The fourth-order valence-electron chi connectivity index (χ4n) is 0.263. The third-order valence-electron chi connectivity index (χ3n) is 0.594. The van der Waals surface area contributed by atoms with Crippen LogP contribution in [0.2, 0.25) is 4.73 Å². The van der Waals surface area contributed by atoms with E-state index in [0.29, 0.717) is 6.61 Å². The van der Waals surface area contributed by atoms with Gasteiger partial charge in [0.05, 0.1) is 0 Å². The van der Waals surface area contributed by atoms with Crippen LogP contribution >= 0.6 is 0 Å². The Kier molecular flexibility index (Phi) is 4.94. The summed E-state index contributed by atoms with van der Waals surface area (Å²) in [7, 11) is 0. The van der Waals surface area contributed by atoms with Crippen molar-refractivity contribution < 1.29 is 24.9 Å². The molecule has 0 amide bonds. The zero-order valence-corrected chi connectivity index (χ0v) is 6.29. The molecular formula is C4H10O2Ti. The first-order chi connectivity index (χ1) is 3.31. The first-order valence-corrected chi connectivity index (χ1v) is 4.84. The van der Waals surface area contributed by atoms with Gasteiger partial charge in [-0.1, -0.05) is 0 Å². The second kappa shape index (κ2) is 4.63. The molecule has 0 aliphatic carbocycles. The van der Waals surface area contributed by atoms with Crippen LogP contribution in [0.25, 0.3) is 0 Å². The Morgan fingerprint density at radius 2 is 2.14 bits per heavy atom. The molecule has 7 heavy (non-hydrogen) atoms. The molecule has 0 saturated carbocycles. The molecule has 0 aromatic heterocycles. The average Bonchev–Trinajstić information content (AvgIpc) is 1.68. The number of hydrogen-bond acceptors (Lipinski definition) is 2. The topological polar surface area (TPSA) is 26.3 Å². The van der Waals surface area contributed by atoms with E-state index in [1.54, 1.807) is 0 Å². The molecule has 0 N–H and O–H groups in total. The molecular weight excluding hydrogens is 128 g/mol. The van der Waals surface area contributed by atoms with Crippen LogP contribution in [0.3, 0.4) is 0 Å². The average molecular weight is 138 g/mol. The Morgan fingerprint density at radius 1 is 1.57 bits per heavy atom. The summed E-state index contributed by atoms with van der Waals surface area (Å²) in [6, 6.07) is 0. The Bertz CT molecular complexity index is 62.7. The molecule has 0 saturated heterocycles. The number of hydrogen-bond donors (Lipinski definition) is 0. The van der Waals surface area contributed by atoms with Gasteiger partial charge >= 0.3 is 50.1 Å². The maximum absolute atomic E-state index is 10.4. The molecule has 0 atom stereocenters. The van der Waals surface area contributed by atoms with Crippen molar-refractivity contribution in [3.05, 3.63) is 0 Å². The molecule has 0 aromatic carbocycles. The fourth-order valence-corrected chi connectivity index (χ4v) is 1.08. The van der Waals surface area contributed by atoms with Crippen molar-refractivity contribution in [3.8, 4) is 0 Å². The maximum atomic E-state index is 10.4. The van der Waals surface area contributed by atoms with Gasteiger partial charge in [-0.3, -0.25) is 0 Å². The molecule has 0 bridgehead atoms. The number of rotatable bonds is 3. The van der Waals surface area contributed by atoms with Crippen LogP contribution in [0.4, 0.5) is 0 Å². The summed E-state index contributed by atoms with van der Waals surface area (Å²) in [6.45, 7) is 4.35. The van der Waals surface area contributed by atoms with Crippen LogP contribution in [-0.2, 0) is 24.9 Å². The standard InChI is InChI=1S/C2H5O.C2H5.O.Ti/c1-2-3;1-2;;/h2H2,1H3;1H2,2H3;;/q-1;;;+1. The van der Waals surface area contributed by atoms with Crippen molar-refractivity contribution in [3.63, 3.8) is 0 Å². The first-order valence-electron chi connectivity index (χ1n) is 2.46. The molecule has 2 nitrogen and oxygen atoms in total. The van der Waals surface area contributed by atoms with E-state index >= 15 is 0 Å². The van der Waals surface area contributed by atoms with E-state index in [-0.39, 0.29) is 0 Å². The van der Waals surface area contributed by atoms with Crippen molar-refractivity contribution >= 4 is 0 Å². The van der Waals surface area contributed by atoms with Gasteiger partial charge in [0.2, 0.25) is 0 Å². The SMILES string of the molecule is CC[O][Ti](=[O])[CH2]C. The molecule has 0 radical (unpaired) electrons. The summed E-state index contributed by atoms with van der Waals surface area (Å²) in [5.41, 5.74) is 0. The van der Waals surface area contributed by atoms with Crippen LogP contribution in [0.5, 0.6) is 0 Å². The van der Waals surface area contributed by atoms with Crippen molar-refractivity contribution in [1.29, 1.82) is 0 Å². The van der Waals surface area contributed by atoms with E-state index in [0.717, 1.165) is 4.73 Å². The molecule has 0 rings (SSSR count). The quantitative estimate of drug-likeness (QED) is 0.550. The normalized spacial score (nSPS) is 8.86. The Balaban J connectivity index is 3.00. The minimum atomic E-state index is -2.16. The van der Waals surface area contributed by atoms with Gasteiger partial charge in [-0.25, -0.2) is 0 Å². The molecule has 0 unspecified atom stereocenters. The summed E-state index contributed by atoms with van der Waals surface area (Å²) in [6.07, 6.45) is 0. The second-order valence-electron chi connectivity index (χ2n) is 1.16. The predicted molar refractivity (Wildman–Crippen MR) is 22.8 cm³/mol. The van der Waals surface area contributed by atoms with Gasteiger partial charge in [-0.05, 0) is 0 Å². The third-order valence-corrected chi connectivity index (χ3v) is 2.45. The zero-order chi connectivity index (χ0) is 5.70. The zero-order valence-electron chi connectivity index (χ0n) is 4.73. The third kappa shape index (κ3) is 4.32. The Hall–Kier alpha value is 0.474. The van der Waals surface area contributed by atoms with E-state index in [4.69, 9.17) is 3.32 Å². The van der Waals surface area contributed by atoms with Crippen LogP contribution < -0.4 is 0 Å². The predicted octanol–water partition coefficient (Wildman–Crippen LogP) is 1.34. The van der Waals surface area contributed by atoms with Crippen molar-refractivity contribution in [1.82, 2.24) is 0 Å². The van der Waals surface area contributed by atoms with Crippen LogP contribution in [0, 0.1) is 0 Å². The van der Waals surface area contributed by atoms with E-state index in [1.807, 2.05) is 13.8 Å². The van der Waals surface area contributed by atoms with E-state index in [9.17, 15) is 3.32 Å². The van der Waals surface area contributed by atoms with E-state index in [2.05, 4.69) is 0 Å². The van der Waals surface area contributed by atoms with Crippen molar-refractivity contribution in [2.75, 3.05) is 6.61 Å². The molecule has 0 aliphatic heterocycles. The summed E-state index contributed by atoms with van der Waals surface area (Å²) in [5, 5.41) is 0. The second-order valence-corrected chi connectivity index (χ2v) is 3.88. The molecule has 42 valence electrons. The Labute approximate surface area is 50.5 Å². The van der Waals surface area contributed by atoms with E-state index in [1.165, 1.54) is 0 Å². The summed E-state index contributed by atoms with van der Waals surface area (Å²) >= 11 is -2.16. The molecule has 0 heterocycles. The van der Waals surface area contributed by atoms with Crippen molar-refractivity contribution in [2.24, 2.45) is 0 Å².